The molecule has 0 aromatic heterocycles. The Bertz CT molecular complexity index is 324. The van der Waals surface area contributed by atoms with Gasteiger partial charge in [0.05, 0.1) is 0 Å². The first-order valence-corrected chi connectivity index (χ1v) is 7.70. The lowest BCUT2D eigenvalue weighted by Crippen LogP contribution is -2.43. The largest absolute Gasteiger partial charge is 0.359 e. The highest BCUT2D eigenvalue weighted by atomic mass is 32.2. The highest BCUT2D eigenvalue weighted by Crippen LogP contribution is 2.29. The molecule has 0 saturated carbocycles. The molecule has 0 bridgehead atoms. The van der Waals surface area contributed by atoms with Crippen LogP contribution in [-0.2, 0) is 4.79 Å². The topological polar surface area (TPSA) is 53.5 Å². The first-order valence-electron chi connectivity index (χ1n) is 6.71. The van der Waals surface area contributed by atoms with Gasteiger partial charge in [-0.1, -0.05) is 25.6 Å². The van der Waals surface area contributed by atoms with Gasteiger partial charge in [0.2, 0.25) is 5.91 Å². The van der Waals surface area contributed by atoms with Crippen LogP contribution in [0, 0.1) is 0 Å². The van der Waals surface area contributed by atoms with Gasteiger partial charge in [-0.15, -0.1) is 0 Å². The van der Waals surface area contributed by atoms with Crippen molar-refractivity contribution < 1.29 is 4.79 Å². The predicted octanol–water partition coefficient (Wildman–Crippen LogP) is 2.15. The highest BCUT2D eigenvalue weighted by Gasteiger charge is 2.34. The maximum Gasteiger partial charge on any atom is 0.244 e. The van der Waals surface area contributed by atoms with Crippen molar-refractivity contribution >= 4 is 22.8 Å². The molecular weight excluding hydrogens is 246 g/mol. The van der Waals surface area contributed by atoms with Crippen LogP contribution in [0.25, 0.3) is 0 Å². The number of carbonyl (C=O) groups excluding carboxylic acids is 1. The van der Waals surface area contributed by atoms with Crippen molar-refractivity contribution in [2.24, 2.45) is 4.99 Å². The quantitative estimate of drug-likeness (QED) is 0.805. The number of aliphatic imine (C=N–C) groups is 1. The van der Waals surface area contributed by atoms with E-state index in [9.17, 15) is 4.79 Å². The van der Waals surface area contributed by atoms with E-state index in [4.69, 9.17) is 0 Å². The van der Waals surface area contributed by atoms with Gasteiger partial charge in [0.25, 0.3) is 0 Å². The Hall–Kier alpha value is -0.710. The van der Waals surface area contributed by atoms with Gasteiger partial charge in [0.15, 0.2) is 5.17 Å². The van der Waals surface area contributed by atoms with Crippen LogP contribution in [-0.4, -0.2) is 34.5 Å². The molecule has 0 aliphatic carbocycles. The molecule has 1 atom stereocenters. The summed E-state index contributed by atoms with van der Waals surface area (Å²) in [7, 11) is 0. The summed E-state index contributed by atoms with van der Waals surface area (Å²) >= 11 is 1.72. The molecule has 0 aromatic rings. The monoisotopic (exact) mass is 271 g/mol. The van der Waals surface area contributed by atoms with Gasteiger partial charge in [-0.3, -0.25) is 4.79 Å². The number of nitrogens with zero attached hydrogens (tertiary/aromatic N) is 1. The molecule has 1 amide bonds. The van der Waals surface area contributed by atoms with Crippen molar-refractivity contribution in [3.8, 4) is 0 Å². The van der Waals surface area contributed by atoms with E-state index in [-0.39, 0.29) is 23.5 Å². The Morgan fingerprint density at radius 1 is 1.44 bits per heavy atom. The normalized spacial score (nSPS) is 22.0. The number of thioether (sulfide) groups is 1. The number of nitrogens with one attached hydrogen (secondary N) is 2. The Morgan fingerprint density at radius 2 is 2.06 bits per heavy atom. The number of carbonyl (C=O) groups is 1. The smallest absolute Gasteiger partial charge is 0.244 e. The third-order valence-corrected chi connectivity index (χ3v) is 4.51. The van der Waals surface area contributed by atoms with Gasteiger partial charge < -0.3 is 10.6 Å². The minimum Gasteiger partial charge on any atom is -0.359 e. The van der Waals surface area contributed by atoms with Gasteiger partial charge in [-0.05, 0) is 33.6 Å². The zero-order valence-electron chi connectivity index (χ0n) is 12.0. The summed E-state index contributed by atoms with van der Waals surface area (Å²) in [5.41, 5.74) is 0.164. The van der Waals surface area contributed by atoms with Gasteiger partial charge in [0, 0.05) is 17.3 Å². The molecule has 5 heteroatoms. The zero-order valence-corrected chi connectivity index (χ0v) is 12.9. The third kappa shape index (κ3) is 3.90. The predicted molar refractivity (Wildman–Crippen MR) is 79.1 cm³/mol. The molecule has 1 aliphatic heterocycles. The van der Waals surface area contributed by atoms with Crippen LogP contribution in [0.3, 0.4) is 0 Å². The average Bonchev–Trinajstić information content (AvgIpc) is 2.72. The molecular formula is C13H25N3OS. The molecule has 0 aromatic carbocycles. The number of rotatable bonds is 5. The first kappa shape index (κ1) is 15.3. The molecule has 0 spiro atoms. The van der Waals surface area contributed by atoms with E-state index in [0.29, 0.717) is 0 Å². The summed E-state index contributed by atoms with van der Waals surface area (Å²) in [6, 6.07) is -0.165. The fourth-order valence-electron chi connectivity index (χ4n) is 1.85. The van der Waals surface area contributed by atoms with E-state index in [1.165, 1.54) is 0 Å². The summed E-state index contributed by atoms with van der Waals surface area (Å²) < 4.78 is 0. The zero-order chi connectivity index (χ0) is 13.8. The summed E-state index contributed by atoms with van der Waals surface area (Å²) in [6.45, 7) is 10.1. The second-order valence-corrected chi connectivity index (χ2v) is 6.14. The lowest BCUT2D eigenvalue weighted by Gasteiger charge is -2.25. The molecule has 2 N–H and O–H groups in total. The second kappa shape index (κ2) is 6.45. The van der Waals surface area contributed by atoms with E-state index in [0.717, 1.165) is 23.8 Å². The molecule has 104 valence electrons. The van der Waals surface area contributed by atoms with Gasteiger partial charge in [-0.25, -0.2) is 4.99 Å². The van der Waals surface area contributed by atoms with Crippen LogP contribution in [0.15, 0.2) is 4.99 Å². The molecule has 1 unspecified atom stereocenters. The third-order valence-electron chi connectivity index (χ3n) is 3.33. The molecule has 0 radical (unpaired) electrons. The minimum atomic E-state index is -0.327. The van der Waals surface area contributed by atoms with Crippen LogP contribution in [0.2, 0.25) is 0 Å². The lowest BCUT2D eigenvalue weighted by atomic mass is 9.96. The Kier molecular flexibility index (Phi) is 5.50. The van der Waals surface area contributed by atoms with Crippen molar-refractivity contribution in [2.45, 2.75) is 65.1 Å². The molecule has 4 nitrogen and oxygen atoms in total. The van der Waals surface area contributed by atoms with Crippen molar-refractivity contribution in [1.29, 1.82) is 0 Å². The molecule has 1 heterocycles. The molecule has 1 aliphatic rings. The lowest BCUT2D eigenvalue weighted by molar-refractivity contribution is -0.122. The SMILES string of the molecule is CCC1(CC)CSC(=NC(C)C(=O)NC(C)C)N1. The molecule has 18 heavy (non-hydrogen) atoms. The van der Waals surface area contributed by atoms with Crippen LogP contribution in [0.1, 0.15) is 47.5 Å². The standard InChI is InChI=1S/C13H25N3OS/c1-6-13(7-2)8-18-12(16-13)15-10(5)11(17)14-9(3)4/h9-10H,6-8H2,1-5H3,(H,14,17)(H,15,16). The average molecular weight is 271 g/mol. The van der Waals surface area contributed by atoms with Crippen LogP contribution >= 0.6 is 11.8 Å². The summed E-state index contributed by atoms with van der Waals surface area (Å²) in [6.07, 6.45) is 2.17. The van der Waals surface area contributed by atoms with E-state index >= 15 is 0 Å². The Labute approximate surface area is 114 Å². The van der Waals surface area contributed by atoms with E-state index < -0.39 is 0 Å². The first-order chi connectivity index (χ1) is 8.42. The van der Waals surface area contributed by atoms with Crippen LogP contribution in [0.5, 0.6) is 0 Å². The summed E-state index contributed by atoms with van der Waals surface area (Å²) in [5.74, 6) is 1.03. The number of amidine groups is 1. The highest BCUT2D eigenvalue weighted by molar-refractivity contribution is 8.14. The van der Waals surface area contributed by atoms with Gasteiger partial charge in [-0.2, -0.15) is 0 Å². The maximum absolute atomic E-state index is 11.8. The van der Waals surface area contributed by atoms with Crippen molar-refractivity contribution in [3.63, 3.8) is 0 Å². The summed E-state index contributed by atoms with van der Waals surface area (Å²) in [5, 5.41) is 7.27. The van der Waals surface area contributed by atoms with Crippen molar-refractivity contribution in [2.75, 3.05) is 5.75 Å². The van der Waals surface area contributed by atoms with Crippen molar-refractivity contribution in [1.82, 2.24) is 10.6 Å². The van der Waals surface area contributed by atoms with Crippen LogP contribution in [0.4, 0.5) is 0 Å². The number of hydrogen-bond donors (Lipinski definition) is 2. The maximum atomic E-state index is 11.8. The summed E-state index contributed by atoms with van der Waals surface area (Å²) in [4.78, 5) is 16.3. The Morgan fingerprint density at radius 3 is 2.50 bits per heavy atom. The van der Waals surface area contributed by atoms with Crippen LogP contribution < -0.4 is 10.6 Å². The fourth-order valence-corrected chi connectivity index (χ4v) is 3.26. The second-order valence-electron chi connectivity index (χ2n) is 5.17. The van der Waals surface area contributed by atoms with Crippen molar-refractivity contribution in [3.05, 3.63) is 0 Å². The number of hydrogen-bond acceptors (Lipinski definition) is 3. The van der Waals surface area contributed by atoms with E-state index in [2.05, 4.69) is 29.5 Å². The Balaban J connectivity index is 2.61. The van der Waals surface area contributed by atoms with E-state index in [1.807, 2.05) is 20.8 Å². The van der Waals surface area contributed by atoms with Gasteiger partial charge in [0.1, 0.15) is 6.04 Å². The minimum absolute atomic E-state index is 0.00889. The van der Waals surface area contributed by atoms with E-state index in [1.54, 1.807) is 11.8 Å². The molecule has 1 saturated heterocycles. The molecule has 1 fully saturated rings. The fraction of sp³-hybridized carbons (Fsp3) is 0.846. The molecule has 1 rings (SSSR count). The number of amides is 1. The van der Waals surface area contributed by atoms with Gasteiger partial charge >= 0.3 is 0 Å².